The van der Waals surface area contributed by atoms with E-state index in [1.807, 2.05) is 6.08 Å². The van der Waals surface area contributed by atoms with Crippen LogP contribution in [0.2, 0.25) is 0 Å². The molecule has 0 aliphatic heterocycles. The van der Waals surface area contributed by atoms with E-state index in [2.05, 4.69) is 80.7 Å². The number of esters is 1. The summed E-state index contributed by atoms with van der Waals surface area (Å²) in [5.74, 6) is -0.867. The average Bonchev–Trinajstić information content (AvgIpc) is 2.90. The number of carbonyl (C=O) groups excluding carboxylic acids is 1. The summed E-state index contributed by atoms with van der Waals surface area (Å²) in [5, 5.41) is 8.73. The van der Waals surface area contributed by atoms with Gasteiger partial charge in [0.2, 0.25) is 0 Å². The molecule has 4 nitrogen and oxygen atoms in total. The first-order chi connectivity index (χ1) is 18.6. The van der Waals surface area contributed by atoms with Crippen molar-refractivity contribution in [2.75, 3.05) is 0 Å². The van der Waals surface area contributed by atoms with Gasteiger partial charge in [0.05, 0.1) is 0 Å². The molecule has 0 rings (SSSR count). The summed E-state index contributed by atoms with van der Waals surface area (Å²) in [5.41, 5.74) is 0. The van der Waals surface area contributed by atoms with Gasteiger partial charge in [0.1, 0.15) is 6.10 Å². The monoisotopic (exact) mass is 526 g/mol. The standard InChI is InChI=1S/C34H54O4/c1-3-5-7-9-10-11-12-13-14-15-16-17-18-19-20-21-27-31-34(37)38-32(28-24-8-6-4-2)29-25-22-23-26-30-33(35)36/h5,7,10-11,13-14,16-17,19-20,24,28,32H,3-4,6,8-9,12,15,18,21-23,25-27,29-31H2,1-2H3,(H,35,36)/b7-5-,11-10-,14-13-,17-16-,20-19-,28-24-. The Balaban J connectivity index is 4.04. The van der Waals surface area contributed by atoms with Crippen molar-refractivity contribution < 1.29 is 19.4 Å². The van der Waals surface area contributed by atoms with E-state index in [1.165, 1.54) is 0 Å². The van der Waals surface area contributed by atoms with Gasteiger partial charge in [-0.3, -0.25) is 9.59 Å². The number of allylic oxidation sites excluding steroid dienone is 11. The van der Waals surface area contributed by atoms with E-state index < -0.39 is 5.97 Å². The first kappa shape index (κ1) is 35.4. The number of rotatable bonds is 25. The maximum absolute atomic E-state index is 12.3. The largest absolute Gasteiger partial charge is 0.481 e. The van der Waals surface area contributed by atoms with Crippen LogP contribution < -0.4 is 0 Å². The van der Waals surface area contributed by atoms with E-state index in [1.54, 1.807) is 0 Å². The average molecular weight is 527 g/mol. The molecule has 0 fully saturated rings. The first-order valence-corrected chi connectivity index (χ1v) is 14.9. The number of carboxylic acids is 1. The zero-order chi connectivity index (χ0) is 27.9. The molecule has 0 bridgehead atoms. The van der Waals surface area contributed by atoms with E-state index >= 15 is 0 Å². The molecule has 0 aromatic carbocycles. The highest BCUT2D eigenvalue weighted by molar-refractivity contribution is 5.69. The number of unbranched alkanes of at least 4 members (excludes halogenated alkanes) is 6. The van der Waals surface area contributed by atoms with E-state index in [0.717, 1.165) is 89.9 Å². The summed E-state index contributed by atoms with van der Waals surface area (Å²) in [6.45, 7) is 4.32. The second-order valence-corrected chi connectivity index (χ2v) is 9.55. The second-order valence-electron chi connectivity index (χ2n) is 9.55. The molecule has 1 N–H and O–H groups in total. The SMILES string of the molecule is CC/C=C\C/C=C\C/C=C\C/C=C\C/C=C\CCCC(=O)OC(/C=C\CCCC)CCCCCCC(=O)O. The lowest BCUT2D eigenvalue weighted by Crippen LogP contribution is -2.16. The molecule has 1 unspecified atom stereocenters. The minimum absolute atomic E-state index is 0.131. The number of carbonyl (C=O) groups is 2. The predicted octanol–water partition coefficient (Wildman–Crippen LogP) is 9.99. The second kappa shape index (κ2) is 28.9. The molecule has 1 atom stereocenters. The number of hydrogen-bond acceptors (Lipinski definition) is 3. The van der Waals surface area contributed by atoms with Gasteiger partial charge in [-0.15, -0.1) is 0 Å². The maximum Gasteiger partial charge on any atom is 0.306 e. The highest BCUT2D eigenvalue weighted by Gasteiger charge is 2.11. The molecule has 0 heterocycles. The van der Waals surface area contributed by atoms with Gasteiger partial charge in [0.15, 0.2) is 0 Å². The smallest absolute Gasteiger partial charge is 0.306 e. The molecule has 0 spiro atoms. The zero-order valence-corrected chi connectivity index (χ0v) is 24.2. The van der Waals surface area contributed by atoms with Crippen molar-refractivity contribution in [3.8, 4) is 0 Å². The quantitative estimate of drug-likeness (QED) is 0.0730. The van der Waals surface area contributed by atoms with E-state index in [-0.39, 0.29) is 18.5 Å². The summed E-state index contributed by atoms with van der Waals surface area (Å²) in [6.07, 6.45) is 40.8. The van der Waals surface area contributed by atoms with Crippen molar-refractivity contribution in [1.29, 1.82) is 0 Å². The Labute approximate surface area is 233 Å². The van der Waals surface area contributed by atoms with Crippen molar-refractivity contribution in [3.05, 3.63) is 72.9 Å². The molecular weight excluding hydrogens is 472 g/mol. The van der Waals surface area contributed by atoms with Crippen LogP contribution in [-0.4, -0.2) is 23.1 Å². The minimum Gasteiger partial charge on any atom is -0.481 e. The normalized spacial score (nSPS) is 13.3. The van der Waals surface area contributed by atoms with Gasteiger partial charge in [-0.2, -0.15) is 0 Å². The summed E-state index contributed by atoms with van der Waals surface area (Å²) in [4.78, 5) is 23.0. The Morgan fingerprint density at radius 1 is 0.632 bits per heavy atom. The number of aliphatic carboxylic acids is 1. The van der Waals surface area contributed by atoms with Crippen molar-refractivity contribution in [2.45, 2.75) is 129 Å². The van der Waals surface area contributed by atoms with Crippen LogP contribution in [0.1, 0.15) is 123 Å². The first-order valence-electron chi connectivity index (χ1n) is 14.9. The Hall–Kier alpha value is -2.62. The van der Waals surface area contributed by atoms with E-state index in [0.29, 0.717) is 12.8 Å². The maximum atomic E-state index is 12.3. The Morgan fingerprint density at radius 3 is 1.76 bits per heavy atom. The molecule has 0 saturated heterocycles. The van der Waals surface area contributed by atoms with Crippen LogP contribution in [-0.2, 0) is 14.3 Å². The van der Waals surface area contributed by atoms with Gasteiger partial charge in [0.25, 0.3) is 0 Å². The summed E-state index contributed by atoms with van der Waals surface area (Å²) in [6, 6.07) is 0. The third-order valence-corrected chi connectivity index (χ3v) is 5.90. The molecule has 0 aliphatic carbocycles. The topological polar surface area (TPSA) is 63.6 Å². The van der Waals surface area contributed by atoms with E-state index in [4.69, 9.17) is 9.84 Å². The van der Waals surface area contributed by atoms with Gasteiger partial charge >= 0.3 is 11.9 Å². The van der Waals surface area contributed by atoms with Crippen LogP contribution in [0.5, 0.6) is 0 Å². The van der Waals surface area contributed by atoms with Crippen molar-refractivity contribution >= 4 is 11.9 Å². The van der Waals surface area contributed by atoms with Crippen LogP contribution in [0, 0.1) is 0 Å². The third-order valence-electron chi connectivity index (χ3n) is 5.90. The molecular formula is C34H54O4. The van der Waals surface area contributed by atoms with Crippen LogP contribution >= 0.6 is 0 Å². The van der Waals surface area contributed by atoms with Gasteiger partial charge in [-0.05, 0) is 76.7 Å². The lowest BCUT2D eigenvalue weighted by Gasteiger charge is -2.14. The summed E-state index contributed by atoms with van der Waals surface area (Å²) >= 11 is 0. The lowest BCUT2D eigenvalue weighted by atomic mass is 10.1. The molecule has 0 radical (unpaired) electrons. The molecule has 38 heavy (non-hydrogen) atoms. The Kier molecular flexibility index (Phi) is 26.9. The van der Waals surface area contributed by atoms with E-state index in [9.17, 15) is 9.59 Å². The van der Waals surface area contributed by atoms with Gasteiger partial charge in [-0.25, -0.2) is 0 Å². The Morgan fingerprint density at radius 2 is 1.18 bits per heavy atom. The molecule has 0 aromatic rings. The molecule has 0 aliphatic rings. The Bertz CT molecular complexity index is 740. The summed E-state index contributed by atoms with van der Waals surface area (Å²) < 4.78 is 5.74. The van der Waals surface area contributed by atoms with Crippen LogP contribution in [0.4, 0.5) is 0 Å². The number of carboxylic acid groups (broad SMARTS) is 1. The lowest BCUT2D eigenvalue weighted by molar-refractivity contribution is -0.147. The van der Waals surface area contributed by atoms with Crippen molar-refractivity contribution in [3.63, 3.8) is 0 Å². The zero-order valence-electron chi connectivity index (χ0n) is 24.2. The minimum atomic E-state index is -0.736. The fourth-order valence-electron chi connectivity index (χ4n) is 3.70. The number of ether oxygens (including phenoxy) is 1. The molecule has 0 amide bonds. The van der Waals surface area contributed by atoms with Gasteiger partial charge < -0.3 is 9.84 Å². The van der Waals surface area contributed by atoms with Crippen molar-refractivity contribution in [1.82, 2.24) is 0 Å². The van der Waals surface area contributed by atoms with Crippen LogP contribution in [0.3, 0.4) is 0 Å². The third kappa shape index (κ3) is 28.0. The molecule has 4 heteroatoms. The predicted molar refractivity (Wildman–Crippen MR) is 162 cm³/mol. The molecule has 0 aromatic heterocycles. The highest BCUT2D eigenvalue weighted by Crippen LogP contribution is 2.13. The van der Waals surface area contributed by atoms with Crippen LogP contribution in [0.15, 0.2) is 72.9 Å². The number of hydrogen-bond donors (Lipinski definition) is 1. The fourth-order valence-corrected chi connectivity index (χ4v) is 3.70. The summed E-state index contributed by atoms with van der Waals surface area (Å²) in [7, 11) is 0. The fraction of sp³-hybridized carbons (Fsp3) is 0.588. The highest BCUT2D eigenvalue weighted by atomic mass is 16.5. The van der Waals surface area contributed by atoms with Crippen LogP contribution in [0.25, 0.3) is 0 Å². The molecule has 214 valence electrons. The van der Waals surface area contributed by atoms with Gasteiger partial charge in [-0.1, -0.05) is 106 Å². The van der Waals surface area contributed by atoms with Crippen molar-refractivity contribution in [2.24, 2.45) is 0 Å². The van der Waals surface area contributed by atoms with Gasteiger partial charge in [0, 0.05) is 12.8 Å². The molecule has 0 saturated carbocycles.